The van der Waals surface area contributed by atoms with Gasteiger partial charge in [0.25, 0.3) is 0 Å². The van der Waals surface area contributed by atoms with Gasteiger partial charge in [0.05, 0.1) is 24.4 Å². The molecule has 16 heavy (non-hydrogen) atoms. The van der Waals surface area contributed by atoms with Gasteiger partial charge >= 0.3 is 0 Å². The molecule has 1 heterocycles. The average Bonchev–Trinajstić information content (AvgIpc) is 2.81. The monoisotopic (exact) mass is 234 g/mol. The molecule has 0 aliphatic heterocycles. The lowest BCUT2D eigenvalue weighted by Crippen LogP contribution is -2.13. The molecule has 0 aliphatic rings. The van der Waals surface area contributed by atoms with Gasteiger partial charge in [0, 0.05) is 5.38 Å². The molecule has 0 amide bonds. The Morgan fingerprint density at radius 1 is 1.44 bits per heavy atom. The van der Waals surface area contributed by atoms with E-state index in [0.717, 1.165) is 22.6 Å². The molecule has 1 atom stereocenters. The Morgan fingerprint density at radius 3 is 2.81 bits per heavy atom. The number of nitrogens with zero attached hydrogens (tertiary/aromatic N) is 1. The average molecular weight is 234 g/mol. The van der Waals surface area contributed by atoms with Crippen LogP contribution in [0.15, 0.2) is 29.1 Å². The van der Waals surface area contributed by atoms with Gasteiger partial charge in [0.2, 0.25) is 0 Å². The standard InChI is InChI=1S/C12H14N2OS/c1-8-5-9(15-2)3-4-10(8)12(13)11-6-16-7-14-11/h3-7,12H,13H2,1-2H3. The maximum atomic E-state index is 6.16. The number of aryl methyl sites for hydroxylation is 1. The van der Waals surface area contributed by atoms with Gasteiger partial charge in [-0.1, -0.05) is 6.07 Å². The van der Waals surface area contributed by atoms with E-state index in [4.69, 9.17) is 10.5 Å². The van der Waals surface area contributed by atoms with E-state index in [1.807, 2.05) is 30.5 Å². The Kier molecular flexibility index (Phi) is 3.22. The Balaban J connectivity index is 2.34. The van der Waals surface area contributed by atoms with Crippen molar-refractivity contribution in [2.45, 2.75) is 13.0 Å². The molecule has 1 unspecified atom stereocenters. The van der Waals surface area contributed by atoms with Crippen molar-refractivity contribution in [2.75, 3.05) is 7.11 Å². The van der Waals surface area contributed by atoms with Gasteiger partial charge in [0.15, 0.2) is 0 Å². The number of benzene rings is 1. The maximum absolute atomic E-state index is 6.16. The van der Waals surface area contributed by atoms with Crippen molar-refractivity contribution in [3.8, 4) is 5.75 Å². The molecule has 1 aromatic heterocycles. The van der Waals surface area contributed by atoms with Crippen LogP contribution in [0.4, 0.5) is 0 Å². The summed E-state index contributed by atoms with van der Waals surface area (Å²) >= 11 is 1.56. The van der Waals surface area contributed by atoms with Gasteiger partial charge < -0.3 is 10.5 Å². The summed E-state index contributed by atoms with van der Waals surface area (Å²) in [5, 5.41) is 1.98. The van der Waals surface area contributed by atoms with E-state index in [1.54, 1.807) is 24.0 Å². The molecule has 2 aromatic rings. The minimum absolute atomic E-state index is 0.155. The number of hydrogen-bond acceptors (Lipinski definition) is 4. The van der Waals surface area contributed by atoms with E-state index < -0.39 is 0 Å². The van der Waals surface area contributed by atoms with E-state index in [0.29, 0.717) is 0 Å². The lowest BCUT2D eigenvalue weighted by Gasteiger charge is -2.13. The number of rotatable bonds is 3. The quantitative estimate of drug-likeness (QED) is 0.887. The molecule has 2 rings (SSSR count). The van der Waals surface area contributed by atoms with Gasteiger partial charge in [-0.15, -0.1) is 11.3 Å². The van der Waals surface area contributed by atoms with Crippen LogP contribution in [0.3, 0.4) is 0 Å². The van der Waals surface area contributed by atoms with Crippen molar-refractivity contribution in [3.05, 3.63) is 45.9 Å². The number of thiazole rings is 1. The Morgan fingerprint density at radius 2 is 2.25 bits per heavy atom. The van der Waals surface area contributed by atoms with Gasteiger partial charge in [0.1, 0.15) is 5.75 Å². The van der Waals surface area contributed by atoms with Gasteiger partial charge in [-0.3, -0.25) is 0 Å². The van der Waals surface area contributed by atoms with Crippen LogP contribution >= 0.6 is 11.3 Å². The molecule has 0 saturated carbocycles. The normalized spacial score (nSPS) is 12.4. The third-order valence-corrected chi connectivity index (χ3v) is 3.19. The minimum Gasteiger partial charge on any atom is -0.497 e. The molecule has 3 nitrogen and oxygen atoms in total. The third kappa shape index (κ3) is 2.08. The number of methoxy groups -OCH3 is 1. The van der Waals surface area contributed by atoms with Crippen molar-refractivity contribution in [1.29, 1.82) is 0 Å². The fourth-order valence-electron chi connectivity index (χ4n) is 1.66. The smallest absolute Gasteiger partial charge is 0.119 e. The molecule has 84 valence electrons. The van der Waals surface area contributed by atoms with Crippen LogP contribution in [0, 0.1) is 6.92 Å². The number of hydrogen-bond donors (Lipinski definition) is 1. The Hall–Kier alpha value is -1.39. The zero-order valence-corrected chi connectivity index (χ0v) is 10.1. The minimum atomic E-state index is -0.155. The molecular weight excluding hydrogens is 220 g/mol. The van der Waals surface area contributed by atoms with Gasteiger partial charge in [-0.05, 0) is 30.2 Å². The summed E-state index contributed by atoms with van der Waals surface area (Å²) in [5.41, 5.74) is 11.1. The first-order chi connectivity index (χ1) is 7.72. The zero-order chi connectivity index (χ0) is 11.5. The maximum Gasteiger partial charge on any atom is 0.119 e. The first-order valence-electron chi connectivity index (χ1n) is 5.00. The highest BCUT2D eigenvalue weighted by Gasteiger charge is 2.13. The molecule has 4 heteroatoms. The van der Waals surface area contributed by atoms with Crippen molar-refractivity contribution >= 4 is 11.3 Å². The highest BCUT2D eigenvalue weighted by Crippen LogP contribution is 2.25. The van der Waals surface area contributed by atoms with Crippen LogP contribution < -0.4 is 10.5 Å². The summed E-state index contributed by atoms with van der Waals surface area (Å²) in [6.45, 7) is 2.03. The molecule has 0 fully saturated rings. The molecule has 0 saturated heterocycles. The van der Waals surface area contributed by atoms with E-state index in [9.17, 15) is 0 Å². The van der Waals surface area contributed by atoms with Crippen molar-refractivity contribution in [1.82, 2.24) is 4.98 Å². The number of ether oxygens (including phenoxy) is 1. The third-order valence-electron chi connectivity index (χ3n) is 2.58. The topological polar surface area (TPSA) is 48.1 Å². The predicted molar refractivity (Wildman–Crippen MR) is 65.9 cm³/mol. The van der Waals surface area contributed by atoms with Gasteiger partial charge in [-0.2, -0.15) is 0 Å². The fourth-order valence-corrected chi connectivity index (χ4v) is 2.25. The van der Waals surface area contributed by atoms with Crippen LogP contribution in [0.5, 0.6) is 5.75 Å². The second kappa shape index (κ2) is 4.63. The Bertz CT molecular complexity index is 468. The first-order valence-corrected chi connectivity index (χ1v) is 5.95. The summed E-state index contributed by atoms with van der Waals surface area (Å²) in [6, 6.07) is 5.76. The Labute approximate surface area is 98.9 Å². The predicted octanol–water partition coefficient (Wildman–Crippen LogP) is 2.51. The second-order valence-corrected chi connectivity index (χ2v) is 4.33. The van der Waals surface area contributed by atoms with Crippen LogP contribution in [0.25, 0.3) is 0 Å². The van der Waals surface area contributed by atoms with E-state index >= 15 is 0 Å². The molecule has 0 spiro atoms. The molecule has 1 aromatic carbocycles. The summed E-state index contributed by atoms with van der Waals surface area (Å²) < 4.78 is 5.17. The van der Waals surface area contributed by atoms with E-state index in [-0.39, 0.29) is 6.04 Å². The van der Waals surface area contributed by atoms with Gasteiger partial charge in [-0.25, -0.2) is 4.98 Å². The fraction of sp³-hybridized carbons (Fsp3) is 0.250. The second-order valence-electron chi connectivity index (χ2n) is 3.61. The van der Waals surface area contributed by atoms with Crippen molar-refractivity contribution in [3.63, 3.8) is 0 Å². The lowest BCUT2D eigenvalue weighted by atomic mass is 10.00. The SMILES string of the molecule is COc1ccc(C(N)c2cscn2)c(C)c1. The molecule has 0 radical (unpaired) electrons. The summed E-state index contributed by atoms with van der Waals surface area (Å²) in [4.78, 5) is 4.24. The van der Waals surface area contributed by atoms with Crippen LogP contribution in [-0.2, 0) is 0 Å². The summed E-state index contributed by atoms with van der Waals surface area (Å²) in [5.74, 6) is 0.853. The van der Waals surface area contributed by atoms with Crippen molar-refractivity contribution < 1.29 is 4.74 Å². The van der Waals surface area contributed by atoms with Crippen LogP contribution in [-0.4, -0.2) is 12.1 Å². The molecular formula is C12H14N2OS. The van der Waals surface area contributed by atoms with E-state index in [1.165, 1.54) is 0 Å². The highest BCUT2D eigenvalue weighted by molar-refractivity contribution is 7.07. The largest absolute Gasteiger partial charge is 0.497 e. The lowest BCUT2D eigenvalue weighted by molar-refractivity contribution is 0.414. The van der Waals surface area contributed by atoms with Crippen molar-refractivity contribution in [2.24, 2.45) is 5.73 Å². The first kappa shape index (κ1) is 11.1. The molecule has 0 bridgehead atoms. The molecule has 2 N–H and O–H groups in total. The number of nitrogens with two attached hydrogens (primary N) is 1. The highest BCUT2D eigenvalue weighted by atomic mass is 32.1. The van der Waals surface area contributed by atoms with Crippen LogP contribution in [0.1, 0.15) is 22.9 Å². The van der Waals surface area contributed by atoms with E-state index in [2.05, 4.69) is 4.98 Å². The molecule has 0 aliphatic carbocycles. The summed E-state index contributed by atoms with van der Waals surface area (Å²) in [6.07, 6.45) is 0. The van der Waals surface area contributed by atoms with Crippen LogP contribution in [0.2, 0.25) is 0 Å². The summed E-state index contributed by atoms with van der Waals surface area (Å²) in [7, 11) is 1.66. The zero-order valence-electron chi connectivity index (χ0n) is 9.31. The number of aromatic nitrogens is 1.